The highest BCUT2D eigenvalue weighted by Crippen LogP contribution is 2.37. The molecule has 3 aromatic carbocycles. The van der Waals surface area contributed by atoms with Crippen molar-refractivity contribution in [3.05, 3.63) is 99.2 Å². The van der Waals surface area contributed by atoms with Crippen molar-refractivity contribution in [3.63, 3.8) is 0 Å². The van der Waals surface area contributed by atoms with E-state index in [0.717, 1.165) is 35.2 Å². The van der Waals surface area contributed by atoms with Crippen molar-refractivity contribution in [1.82, 2.24) is 15.6 Å². The number of aryl methyl sites for hydroxylation is 1. The molecule has 1 saturated heterocycles. The fourth-order valence-electron chi connectivity index (χ4n) is 5.68. The predicted molar refractivity (Wildman–Crippen MR) is 200 cm³/mol. The molecule has 49 heavy (non-hydrogen) atoms. The fourth-order valence-corrected chi connectivity index (χ4v) is 6.29. The second-order valence-corrected chi connectivity index (χ2v) is 12.5. The molecule has 0 bridgehead atoms. The van der Waals surface area contributed by atoms with E-state index < -0.39 is 5.91 Å². The van der Waals surface area contributed by atoms with Crippen LogP contribution >= 0.6 is 35.6 Å². The maximum atomic E-state index is 13.1. The number of aromatic nitrogens is 1. The Labute approximate surface area is 303 Å². The summed E-state index contributed by atoms with van der Waals surface area (Å²) in [6.45, 7) is 3.84. The predicted octanol–water partition coefficient (Wildman–Crippen LogP) is 7.38. The molecule has 9 nitrogen and oxygen atoms in total. The largest absolute Gasteiger partial charge is 0.487 e. The molecule has 12 heteroatoms. The number of anilines is 2. The highest BCUT2D eigenvalue weighted by atomic mass is 35.5. The van der Waals surface area contributed by atoms with Crippen LogP contribution in [0.15, 0.2) is 66.7 Å². The zero-order chi connectivity index (χ0) is 34.2. The average Bonchev–Trinajstić information content (AvgIpc) is 3.39. The molecule has 1 aliphatic heterocycles. The van der Waals surface area contributed by atoms with Crippen LogP contribution in [0.25, 0.3) is 17.0 Å². The van der Waals surface area contributed by atoms with Crippen molar-refractivity contribution < 1.29 is 19.1 Å². The van der Waals surface area contributed by atoms with E-state index in [1.165, 1.54) is 42.3 Å². The molecule has 4 aromatic rings. The molecule has 0 saturated carbocycles. The SMILES string of the molecule is CNC(=O)c1ccc(/C=C/C(=O)NCC(=O)N(C)c2ccc(Cl)c(COc3cccc4c(N5CCCCCC5)cc(C)nc34)c2Cl)cc1.Cl. The zero-order valence-corrected chi connectivity index (χ0v) is 30.1. The van der Waals surface area contributed by atoms with Gasteiger partial charge in [0, 0.05) is 66.2 Å². The first-order valence-corrected chi connectivity index (χ1v) is 16.7. The minimum absolute atomic E-state index is 0. The third-order valence-electron chi connectivity index (χ3n) is 8.37. The summed E-state index contributed by atoms with van der Waals surface area (Å²) in [7, 11) is 3.14. The summed E-state index contributed by atoms with van der Waals surface area (Å²) in [4.78, 5) is 45.9. The van der Waals surface area contributed by atoms with Gasteiger partial charge in [-0.25, -0.2) is 4.98 Å². The van der Waals surface area contributed by atoms with Crippen LogP contribution < -0.4 is 25.2 Å². The maximum absolute atomic E-state index is 13.1. The van der Waals surface area contributed by atoms with Gasteiger partial charge in [0.2, 0.25) is 11.8 Å². The summed E-state index contributed by atoms with van der Waals surface area (Å²) in [5.74, 6) is -0.396. The molecule has 0 spiro atoms. The Bertz CT molecular complexity index is 1840. The van der Waals surface area contributed by atoms with Gasteiger partial charge in [-0.15, -0.1) is 12.4 Å². The third-order valence-corrected chi connectivity index (χ3v) is 9.15. The van der Waals surface area contributed by atoms with Gasteiger partial charge in [0.25, 0.3) is 5.91 Å². The van der Waals surface area contributed by atoms with Crippen LogP contribution in [-0.2, 0) is 16.2 Å². The van der Waals surface area contributed by atoms with Crippen molar-refractivity contribution in [3.8, 4) is 5.75 Å². The smallest absolute Gasteiger partial charge is 0.251 e. The molecule has 1 aliphatic rings. The first-order chi connectivity index (χ1) is 23.2. The molecular weight excluding hydrogens is 685 g/mol. The second kappa shape index (κ2) is 17.4. The molecule has 2 heterocycles. The Kier molecular flexibility index (Phi) is 13.3. The lowest BCUT2D eigenvalue weighted by atomic mass is 10.1. The maximum Gasteiger partial charge on any atom is 0.251 e. The van der Waals surface area contributed by atoms with Gasteiger partial charge in [0.05, 0.1) is 17.3 Å². The minimum Gasteiger partial charge on any atom is -0.487 e. The molecular formula is C37H40Cl3N5O4. The molecule has 0 aliphatic carbocycles. The molecule has 1 aromatic heterocycles. The van der Waals surface area contributed by atoms with Gasteiger partial charge in [-0.1, -0.05) is 60.3 Å². The quantitative estimate of drug-likeness (QED) is 0.166. The van der Waals surface area contributed by atoms with Crippen LogP contribution in [0, 0.1) is 6.92 Å². The molecule has 258 valence electrons. The standard InChI is InChI=1S/C37H39Cl2N5O4.ClH/c1-24-21-31(44-19-6-4-5-7-20-44)27-9-8-10-32(36(27)42-24)48-23-28-29(38)16-17-30(35(28)39)43(3)34(46)22-41-33(45)18-13-25-11-14-26(15-12-25)37(47)40-2;/h8-18,21H,4-7,19-20,22-23H2,1-3H3,(H,40,47)(H,41,45);1H/b18-13+;. The topological polar surface area (TPSA) is 104 Å². The number of pyridine rings is 1. The van der Waals surface area contributed by atoms with Crippen LogP contribution in [0.4, 0.5) is 11.4 Å². The van der Waals surface area contributed by atoms with Crippen molar-refractivity contribution >= 4 is 81.7 Å². The number of carbonyl (C=O) groups excluding carboxylic acids is 3. The summed E-state index contributed by atoms with van der Waals surface area (Å²) >= 11 is 13.4. The number of amides is 3. The Morgan fingerprint density at radius 2 is 1.71 bits per heavy atom. The van der Waals surface area contributed by atoms with E-state index in [9.17, 15) is 14.4 Å². The number of nitrogens with one attached hydrogen (secondary N) is 2. The molecule has 1 fully saturated rings. The van der Waals surface area contributed by atoms with Gasteiger partial charge >= 0.3 is 0 Å². The van der Waals surface area contributed by atoms with E-state index in [2.05, 4.69) is 27.7 Å². The molecule has 2 N–H and O–H groups in total. The number of fused-ring (bicyclic) bond motifs is 1. The van der Waals surface area contributed by atoms with E-state index in [4.69, 9.17) is 32.9 Å². The summed E-state index contributed by atoms with van der Waals surface area (Å²) in [5.41, 5.74) is 5.07. The lowest BCUT2D eigenvalue weighted by Gasteiger charge is -2.25. The summed E-state index contributed by atoms with van der Waals surface area (Å²) in [6.07, 6.45) is 7.77. The number of benzene rings is 3. The Morgan fingerprint density at radius 3 is 2.41 bits per heavy atom. The summed E-state index contributed by atoms with van der Waals surface area (Å²) in [6, 6.07) is 18.2. The summed E-state index contributed by atoms with van der Waals surface area (Å²) in [5, 5.41) is 6.88. The third kappa shape index (κ3) is 9.23. The number of hydrogen-bond donors (Lipinski definition) is 2. The highest BCUT2D eigenvalue weighted by Gasteiger charge is 2.20. The van der Waals surface area contributed by atoms with Gasteiger partial charge in [0.15, 0.2) is 0 Å². The second-order valence-electron chi connectivity index (χ2n) is 11.7. The molecule has 0 atom stereocenters. The van der Waals surface area contributed by atoms with Crippen molar-refractivity contribution in [1.29, 1.82) is 0 Å². The van der Waals surface area contributed by atoms with Gasteiger partial charge in [-0.3, -0.25) is 14.4 Å². The molecule has 0 radical (unpaired) electrons. The number of nitrogens with zero attached hydrogens (tertiary/aromatic N) is 3. The Hall–Kier alpha value is -4.31. The first kappa shape index (κ1) is 37.5. The number of halogens is 3. The molecule has 3 amide bonds. The Balaban J connectivity index is 0.00000541. The van der Waals surface area contributed by atoms with E-state index >= 15 is 0 Å². The molecule has 5 rings (SSSR count). The number of para-hydroxylation sites is 1. The fraction of sp³-hybridized carbons (Fsp3) is 0.297. The van der Waals surface area contributed by atoms with Gasteiger partial charge in [0.1, 0.15) is 17.9 Å². The number of likely N-dealkylation sites (N-methyl/N-ethyl adjacent to an activating group) is 1. The van der Waals surface area contributed by atoms with Gasteiger partial charge in [-0.05, 0) is 67.8 Å². The monoisotopic (exact) mass is 723 g/mol. The van der Waals surface area contributed by atoms with Crippen LogP contribution in [0.3, 0.4) is 0 Å². The zero-order valence-electron chi connectivity index (χ0n) is 27.7. The minimum atomic E-state index is -0.443. The van der Waals surface area contributed by atoms with Crippen LogP contribution in [0.2, 0.25) is 10.0 Å². The van der Waals surface area contributed by atoms with E-state index in [1.807, 2.05) is 19.1 Å². The number of ether oxygens (including phenoxy) is 1. The first-order valence-electron chi connectivity index (χ1n) is 16.0. The number of carbonyl (C=O) groups is 3. The van der Waals surface area contributed by atoms with E-state index in [0.29, 0.717) is 27.6 Å². The van der Waals surface area contributed by atoms with Crippen molar-refractivity contribution in [2.24, 2.45) is 0 Å². The van der Waals surface area contributed by atoms with Crippen molar-refractivity contribution in [2.45, 2.75) is 39.2 Å². The number of hydrogen-bond acceptors (Lipinski definition) is 6. The van der Waals surface area contributed by atoms with Crippen LogP contribution in [-0.4, -0.2) is 56.4 Å². The van der Waals surface area contributed by atoms with Gasteiger partial charge < -0.3 is 25.2 Å². The van der Waals surface area contributed by atoms with Crippen LogP contribution in [0.1, 0.15) is 52.9 Å². The lowest BCUT2D eigenvalue weighted by Crippen LogP contribution is -2.37. The summed E-state index contributed by atoms with van der Waals surface area (Å²) < 4.78 is 6.31. The van der Waals surface area contributed by atoms with Crippen LogP contribution in [0.5, 0.6) is 5.75 Å². The highest BCUT2D eigenvalue weighted by molar-refractivity contribution is 6.38. The van der Waals surface area contributed by atoms with E-state index in [1.54, 1.807) is 56.6 Å². The van der Waals surface area contributed by atoms with E-state index in [-0.39, 0.29) is 42.4 Å². The van der Waals surface area contributed by atoms with Crippen molar-refractivity contribution in [2.75, 3.05) is 43.5 Å². The lowest BCUT2D eigenvalue weighted by molar-refractivity contribution is -0.122. The van der Waals surface area contributed by atoms with Gasteiger partial charge in [-0.2, -0.15) is 0 Å². The Morgan fingerprint density at radius 1 is 1.00 bits per heavy atom. The molecule has 0 unspecified atom stereocenters. The number of rotatable bonds is 10. The average molecular weight is 725 g/mol. The normalized spacial score (nSPS) is 13.0.